The molecule has 0 aromatic rings. The molecule has 4 heteroatoms. The summed E-state index contributed by atoms with van der Waals surface area (Å²) in [5, 5.41) is 8.83. The average molecular weight is 166 g/mol. The number of nitrogens with zero attached hydrogens (tertiary/aromatic N) is 2. The first kappa shape index (κ1) is 7.34. The Kier molecular flexibility index (Phi) is 1.60. The van der Waals surface area contributed by atoms with Gasteiger partial charge in [0.15, 0.2) is 0 Å². The molecular weight excluding hydrogens is 156 g/mol. The van der Waals surface area contributed by atoms with E-state index in [9.17, 15) is 4.79 Å². The number of hydrogen-bond donors (Lipinski definition) is 1. The molecule has 12 heavy (non-hydrogen) atoms. The van der Waals surface area contributed by atoms with E-state index in [4.69, 9.17) is 5.11 Å². The van der Waals surface area contributed by atoms with Gasteiger partial charge in [0, 0.05) is 19.2 Å². The molecule has 0 radical (unpaired) electrons. The summed E-state index contributed by atoms with van der Waals surface area (Å²) in [6.45, 7) is 0.690. The van der Waals surface area contributed by atoms with Crippen molar-refractivity contribution in [1.82, 2.24) is 4.90 Å². The van der Waals surface area contributed by atoms with Crippen molar-refractivity contribution in [2.75, 3.05) is 6.54 Å². The van der Waals surface area contributed by atoms with Gasteiger partial charge < -0.3 is 10.0 Å². The fourth-order valence-corrected chi connectivity index (χ4v) is 1.67. The molecule has 1 atom stereocenters. The van der Waals surface area contributed by atoms with Crippen molar-refractivity contribution in [3.63, 3.8) is 0 Å². The highest BCUT2D eigenvalue weighted by Gasteiger charge is 2.34. The Hall–Kier alpha value is -1.32. The third-order valence-electron chi connectivity index (χ3n) is 2.27. The van der Waals surface area contributed by atoms with Gasteiger partial charge in [-0.3, -0.25) is 0 Å². The van der Waals surface area contributed by atoms with Crippen LogP contribution in [0.1, 0.15) is 12.8 Å². The normalized spacial score (nSPS) is 26.8. The van der Waals surface area contributed by atoms with Crippen LogP contribution in [0.25, 0.3) is 0 Å². The Labute approximate surface area is 70.2 Å². The first-order chi connectivity index (χ1) is 5.79. The molecule has 4 nitrogen and oxygen atoms in total. The van der Waals surface area contributed by atoms with E-state index in [-0.39, 0.29) is 6.04 Å². The predicted molar refractivity (Wildman–Crippen MR) is 43.9 cm³/mol. The molecule has 0 aliphatic carbocycles. The van der Waals surface area contributed by atoms with Crippen molar-refractivity contribution in [1.29, 1.82) is 0 Å². The quantitative estimate of drug-likeness (QED) is 0.615. The van der Waals surface area contributed by atoms with Crippen LogP contribution in [0.4, 0.5) is 0 Å². The van der Waals surface area contributed by atoms with Gasteiger partial charge in [-0.1, -0.05) is 0 Å². The van der Waals surface area contributed by atoms with Crippen molar-refractivity contribution < 1.29 is 9.90 Å². The number of amidine groups is 1. The molecule has 2 aliphatic rings. The maximum absolute atomic E-state index is 10.7. The average Bonchev–Trinajstić information content (AvgIpc) is 2.47. The van der Waals surface area contributed by atoms with Crippen LogP contribution in [0.2, 0.25) is 0 Å². The summed E-state index contributed by atoms with van der Waals surface area (Å²) < 4.78 is 0. The molecule has 1 fully saturated rings. The van der Waals surface area contributed by atoms with Crippen LogP contribution in [0.15, 0.2) is 17.3 Å². The minimum atomic E-state index is -0.740. The van der Waals surface area contributed by atoms with E-state index < -0.39 is 5.97 Å². The first-order valence-electron chi connectivity index (χ1n) is 4.00. The van der Waals surface area contributed by atoms with E-state index in [0.29, 0.717) is 13.0 Å². The summed E-state index contributed by atoms with van der Waals surface area (Å²) in [4.78, 5) is 16.7. The molecule has 0 bridgehead atoms. The molecule has 0 saturated carbocycles. The molecule has 1 saturated heterocycles. The lowest BCUT2D eigenvalue weighted by atomic mass is 10.2. The first-order valence-corrected chi connectivity index (χ1v) is 4.00. The molecule has 1 N–H and O–H groups in total. The van der Waals surface area contributed by atoms with Crippen LogP contribution < -0.4 is 0 Å². The van der Waals surface area contributed by atoms with E-state index in [2.05, 4.69) is 4.99 Å². The zero-order valence-corrected chi connectivity index (χ0v) is 6.60. The Bertz CT molecular complexity index is 270. The summed E-state index contributed by atoms with van der Waals surface area (Å²) in [7, 11) is 0. The zero-order valence-electron chi connectivity index (χ0n) is 6.60. The monoisotopic (exact) mass is 166 g/mol. The predicted octanol–water partition coefficient (Wildman–Crippen LogP) is 0.461. The van der Waals surface area contributed by atoms with E-state index in [1.807, 2.05) is 11.0 Å². The van der Waals surface area contributed by atoms with Gasteiger partial charge in [0.2, 0.25) is 0 Å². The van der Waals surface area contributed by atoms with E-state index in [1.54, 1.807) is 6.20 Å². The zero-order chi connectivity index (χ0) is 8.55. The Morgan fingerprint density at radius 1 is 1.75 bits per heavy atom. The molecule has 64 valence electrons. The molecule has 2 heterocycles. The van der Waals surface area contributed by atoms with E-state index in [1.165, 1.54) is 0 Å². The summed E-state index contributed by atoms with van der Waals surface area (Å²) in [5.74, 6) is 0.181. The lowest BCUT2D eigenvalue weighted by molar-refractivity contribution is -0.141. The lowest BCUT2D eigenvalue weighted by Crippen LogP contribution is -2.39. The number of fused-ring (bicyclic) bond motifs is 1. The highest BCUT2D eigenvalue weighted by Crippen LogP contribution is 2.21. The van der Waals surface area contributed by atoms with Crippen LogP contribution in [0, 0.1) is 0 Å². The van der Waals surface area contributed by atoms with Crippen LogP contribution in [0.5, 0.6) is 0 Å². The summed E-state index contributed by atoms with van der Waals surface area (Å²) in [6, 6.07) is -0.353. The second-order valence-corrected chi connectivity index (χ2v) is 2.98. The van der Waals surface area contributed by atoms with Gasteiger partial charge >= 0.3 is 5.97 Å². The van der Waals surface area contributed by atoms with Crippen molar-refractivity contribution in [2.45, 2.75) is 18.9 Å². The number of aliphatic imine (C=N–C) groups is 1. The Morgan fingerprint density at radius 3 is 3.33 bits per heavy atom. The molecule has 0 aromatic heterocycles. The minimum Gasteiger partial charge on any atom is -0.480 e. The van der Waals surface area contributed by atoms with Gasteiger partial charge in [0.1, 0.15) is 11.9 Å². The van der Waals surface area contributed by atoms with E-state index >= 15 is 0 Å². The molecule has 2 rings (SSSR count). The standard InChI is InChI=1S/C8H10N2O2/c11-8(12)6-2-3-7-9-4-1-5-10(6)7/h1,4,6H,2-3,5H2,(H,11,12). The Morgan fingerprint density at radius 2 is 2.58 bits per heavy atom. The van der Waals surface area contributed by atoms with Crippen molar-refractivity contribution >= 4 is 11.8 Å². The molecule has 1 unspecified atom stereocenters. The van der Waals surface area contributed by atoms with E-state index in [0.717, 1.165) is 12.3 Å². The summed E-state index contributed by atoms with van der Waals surface area (Å²) in [5.41, 5.74) is 0. The van der Waals surface area contributed by atoms with Gasteiger partial charge in [-0.2, -0.15) is 0 Å². The number of carbonyl (C=O) groups is 1. The highest BCUT2D eigenvalue weighted by atomic mass is 16.4. The third kappa shape index (κ3) is 0.995. The molecule has 0 amide bonds. The molecule has 0 aromatic carbocycles. The largest absolute Gasteiger partial charge is 0.480 e. The summed E-state index contributed by atoms with van der Waals surface area (Å²) >= 11 is 0. The third-order valence-corrected chi connectivity index (χ3v) is 2.27. The maximum Gasteiger partial charge on any atom is 0.326 e. The van der Waals surface area contributed by atoms with Crippen LogP contribution in [-0.4, -0.2) is 34.4 Å². The maximum atomic E-state index is 10.7. The van der Waals surface area contributed by atoms with Gasteiger partial charge in [-0.05, 0) is 12.5 Å². The minimum absolute atomic E-state index is 0.353. The molecule has 0 spiro atoms. The smallest absolute Gasteiger partial charge is 0.326 e. The van der Waals surface area contributed by atoms with Gasteiger partial charge in [0.05, 0.1) is 0 Å². The highest BCUT2D eigenvalue weighted by molar-refractivity contribution is 5.91. The number of carboxylic acids is 1. The van der Waals surface area contributed by atoms with Crippen LogP contribution in [0.3, 0.4) is 0 Å². The van der Waals surface area contributed by atoms with Crippen LogP contribution >= 0.6 is 0 Å². The number of hydrogen-bond acceptors (Lipinski definition) is 3. The van der Waals surface area contributed by atoms with Gasteiger partial charge in [0.25, 0.3) is 0 Å². The fourth-order valence-electron chi connectivity index (χ4n) is 1.67. The lowest BCUT2D eigenvalue weighted by Gasteiger charge is -2.23. The van der Waals surface area contributed by atoms with Gasteiger partial charge in [-0.25, -0.2) is 9.79 Å². The van der Waals surface area contributed by atoms with Gasteiger partial charge in [-0.15, -0.1) is 0 Å². The second-order valence-electron chi connectivity index (χ2n) is 2.98. The topological polar surface area (TPSA) is 52.9 Å². The molecular formula is C8H10N2O2. The number of aliphatic carboxylic acids is 1. The number of rotatable bonds is 1. The van der Waals surface area contributed by atoms with Crippen molar-refractivity contribution in [3.05, 3.63) is 12.3 Å². The van der Waals surface area contributed by atoms with Crippen molar-refractivity contribution in [3.8, 4) is 0 Å². The summed E-state index contributed by atoms with van der Waals surface area (Å²) in [6.07, 6.45) is 5.11. The van der Waals surface area contributed by atoms with Crippen molar-refractivity contribution in [2.24, 2.45) is 4.99 Å². The SMILES string of the molecule is O=C(O)C1CCC2=NC=CCN21. The molecule has 2 aliphatic heterocycles. The fraction of sp³-hybridized carbons (Fsp3) is 0.500. The second kappa shape index (κ2) is 2.62. The number of carboxylic acid groups (broad SMARTS) is 1. The Balaban J connectivity index is 2.20. The van der Waals surface area contributed by atoms with Crippen LogP contribution in [-0.2, 0) is 4.79 Å².